The number of piperidine rings is 1. The minimum atomic E-state index is -1.22. The Balaban J connectivity index is 1.85. The van der Waals surface area contributed by atoms with Crippen molar-refractivity contribution >= 4 is 40.8 Å². The molecule has 3 rings (SSSR count). The summed E-state index contributed by atoms with van der Waals surface area (Å²) in [4.78, 5) is 74.9. The van der Waals surface area contributed by atoms with E-state index in [9.17, 15) is 34.4 Å². The van der Waals surface area contributed by atoms with Gasteiger partial charge in [0.15, 0.2) is 11.8 Å². The number of nitrogens with zero attached hydrogens (tertiary/aromatic N) is 4. The highest BCUT2D eigenvalue weighted by Gasteiger charge is 2.39. The summed E-state index contributed by atoms with van der Waals surface area (Å²) < 4.78 is 11.4. The molecule has 0 radical (unpaired) electrons. The van der Waals surface area contributed by atoms with Crippen LogP contribution < -0.4 is 5.32 Å². The van der Waals surface area contributed by atoms with Crippen LogP contribution in [0.3, 0.4) is 0 Å². The third-order valence-corrected chi connectivity index (χ3v) is 9.93. The van der Waals surface area contributed by atoms with Gasteiger partial charge in [-0.25, -0.2) is 14.8 Å². The molecule has 1 saturated heterocycles. The Morgan fingerprint density at radius 1 is 1.16 bits per heavy atom. The molecule has 1 fully saturated rings. The lowest BCUT2D eigenvalue weighted by atomic mass is 9.93. The van der Waals surface area contributed by atoms with Crippen molar-refractivity contribution < 1.29 is 43.5 Å². The Labute approximate surface area is 302 Å². The Morgan fingerprint density at radius 3 is 2.43 bits per heavy atom. The zero-order valence-corrected chi connectivity index (χ0v) is 31.1. The van der Waals surface area contributed by atoms with Crippen LogP contribution in [-0.2, 0) is 35.3 Å². The normalized spacial score (nSPS) is 17.3. The van der Waals surface area contributed by atoms with Crippen LogP contribution in [0.25, 0.3) is 0 Å². The smallest absolute Gasteiger partial charge is 0.355 e. The average molecular weight is 734 g/mol. The van der Waals surface area contributed by atoms with Gasteiger partial charge in [-0.3, -0.25) is 34.2 Å². The molecule has 1 aliphatic heterocycles. The topological polar surface area (TPSA) is 191 Å². The third kappa shape index (κ3) is 12.3. The zero-order chi connectivity index (χ0) is 37.7. The molecule has 2 heterocycles. The number of likely N-dealkylation sites (N-methyl/N-ethyl adjacent to an activating group) is 1. The predicted octanol–water partition coefficient (Wildman–Crippen LogP) is 5.15. The van der Waals surface area contributed by atoms with E-state index in [1.165, 1.54) is 29.5 Å². The lowest BCUT2D eigenvalue weighted by Gasteiger charge is -2.39. The van der Waals surface area contributed by atoms with E-state index in [0.717, 1.165) is 36.3 Å². The first-order chi connectivity index (χ1) is 24.2. The quantitative estimate of drug-likeness (QED) is 0.0789. The Morgan fingerprint density at radius 2 is 1.86 bits per heavy atom. The second kappa shape index (κ2) is 20.2. The first kappa shape index (κ1) is 41.4. The summed E-state index contributed by atoms with van der Waals surface area (Å²) >= 11 is 1.04. The van der Waals surface area contributed by atoms with Crippen LogP contribution in [0.4, 0.5) is 5.69 Å². The van der Waals surface area contributed by atoms with Crippen molar-refractivity contribution in [2.45, 2.75) is 104 Å². The van der Waals surface area contributed by atoms with Crippen LogP contribution in [0.1, 0.15) is 100 Å². The number of rotatable bonds is 20. The lowest BCUT2D eigenvalue weighted by molar-refractivity contribution is -0.384. The number of carbonyl (C=O) groups is 4. The second-order valence-corrected chi connectivity index (χ2v) is 14.1. The van der Waals surface area contributed by atoms with Crippen molar-refractivity contribution in [3.05, 3.63) is 56.0 Å². The summed E-state index contributed by atoms with van der Waals surface area (Å²) in [6.45, 7) is 10.2. The molecule has 5 atom stereocenters. The molecule has 2 amide bonds. The summed E-state index contributed by atoms with van der Waals surface area (Å²) in [5, 5.41) is 26.4. The van der Waals surface area contributed by atoms with E-state index >= 15 is 0 Å². The van der Waals surface area contributed by atoms with Crippen molar-refractivity contribution in [3.8, 4) is 0 Å². The van der Waals surface area contributed by atoms with Crippen LogP contribution in [-0.4, -0.2) is 93.7 Å². The number of nitro groups is 1. The van der Waals surface area contributed by atoms with Gasteiger partial charge in [-0.05, 0) is 62.4 Å². The molecule has 51 heavy (non-hydrogen) atoms. The first-order valence-corrected chi connectivity index (χ1v) is 18.2. The summed E-state index contributed by atoms with van der Waals surface area (Å²) in [5.41, 5.74) is 0.569. The van der Waals surface area contributed by atoms with Gasteiger partial charge in [-0.15, -0.1) is 11.3 Å². The van der Waals surface area contributed by atoms with Gasteiger partial charge in [-0.1, -0.05) is 40.5 Å². The van der Waals surface area contributed by atoms with E-state index < -0.39 is 41.0 Å². The van der Waals surface area contributed by atoms with E-state index in [1.807, 2.05) is 39.6 Å². The number of aromatic carboxylic acids is 1. The molecule has 1 aromatic carbocycles. The van der Waals surface area contributed by atoms with Gasteiger partial charge in [0.25, 0.3) is 11.6 Å². The van der Waals surface area contributed by atoms with E-state index in [1.54, 1.807) is 12.1 Å². The number of benzene rings is 1. The maximum atomic E-state index is 14.6. The number of esters is 1. The third-order valence-electron chi connectivity index (χ3n) is 9.00. The molecule has 2 N–H and O–H groups in total. The molecular formula is C35H51N5O10S. The minimum Gasteiger partial charge on any atom is -0.476 e. The SMILES string of the molecule is CC[C@H](C)[C@H](NC(=O)[C@H]1CCCCN1C)C(=O)N(OCCCOCc1ccc([N+](=O)[O-])cc1)[C@H](C[C@@H](OC(C)=O)c1nc(C(=O)O)cs1)C(C)C. The van der Waals surface area contributed by atoms with E-state index in [4.69, 9.17) is 14.3 Å². The van der Waals surface area contributed by atoms with Crippen LogP contribution in [0.2, 0.25) is 0 Å². The van der Waals surface area contributed by atoms with Gasteiger partial charge in [-0.2, -0.15) is 0 Å². The number of thiazole rings is 1. The van der Waals surface area contributed by atoms with Gasteiger partial charge >= 0.3 is 11.9 Å². The fourth-order valence-corrected chi connectivity index (χ4v) is 6.65. The maximum Gasteiger partial charge on any atom is 0.355 e. The standard InChI is InChI=1S/C35H51N5O10S/c1-7-23(4)31(37-32(42)28-11-8-9-16-38(28)6)34(43)39(49-18-10-17-48-20-25-12-14-26(15-13-25)40(46)47)29(22(2)3)19-30(50-24(5)41)33-36-27(21-51-33)35(44)45/h12-15,21-23,28-31H,7-11,16-20H2,1-6H3,(H,37,42)(H,44,45)/t23-,28+,29+,30+,31-/m0/s1. The molecule has 16 heteroatoms. The second-order valence-electron chi connectivity index (χ2n) is 13.2. The Hall–Kier alpha value is -3.99. The number of likely N-dealkylation sites (tertiary alicyclic amines) is 1. The molecule has 0 aliphatic carbocycles. The summed E-state index contributed by atoms with van der Waals surface area (Å²) in [6, 6.07) is 4.11. The van der Waals surface area contributed by atoms with Crippen LogP contribution in [0.15, 0.2) is 29.6 Å². The number of hydrogen-bond donors (Lipinski definition) is 2. The maximum absolute atomic E-state index is 14.6. The number of aromatic nitrogens is 1. The Kier molecular flexibility index (Phi) is 16.4. The lowest BCUT2D eigenvalue weighted by Crippen LogP contribution is -2.58. The fourth-order valence-electron chi connectivity index (χ4n) is 5.82. The van der Waals surface area contributed by atoms with Crippen LogP contribution in [0, 0.1) is 22.0 Å². The number of hydroxylamine groups is 2. The molecule has 1 aromatic heterocycles. The number of ether oxygens (including phenoxy) is 2. The molecule has 2 aromatic rings. The van der Waals surface area contributed by atoms with Crippen LogP contribution in [0.5, 0.6) is 0 Å². The minimum absolute atomic E-state index is 0.0117. The molecule has 0 saturated carbocycles. The molecule has 1 aliphatic rings. The van der Waals surface area contributed by atoms with E-state index in [-0.39, 0.29) is 66.4 Å². The highest BCUT2D eigenvalue weighted by molar-refractivity contribution is 7.09. The number of carboxylic acids is 1. The number of carbonyl (C=O) groups excluding carboxylic acids is 3. The molecule has 0 spiro atoms. The average Bonchev–Trinajstić information content (AvgIpc) is 3.59. The molecular weight excluding hydrogens is 682 g/mol. The fraction of sp³-hybridized carbons (Fsp3) is 0.629. The number of amides is 2. The van der Waals surface area contributed by atoms with Gasteiger partial charge in [0, 0.05) is 37.5 Å². The van der Waals surface area contributed by atoms with E-state index in [2.05, 4.69) is 10.3 Å². The molecule has 0 unspecified atom stereocenters. The highest BCUT2D eigenvalue weighted by Crippen LogP contribution is 2.32. The number of carboxylic acid groups (broad SMARTS) is 1. The number of nitrogens with one attached hydrogen (secondary N) is 1. The van der Waals surface area contributed by atoms with Crippen molar-refractivity contribution in [1.82, 2.24) is 20.3 Å². The van der Waals surface area contributed by atoms with Gasteiger partial charge in [0.05, 0.1) is 30.2 Å². The summed E-state index contributed by atoms with van der Waals surface area (Å²) in [5.74, 6) is -2.97. The predicted molar refractivity (Wildman–Crippen MR) is 189 cm³/mol. The highest BCUT2D eigenvalue weighted by atomic mass is 32.1. The zero-order valence-electron chi connectivity index (χ0n) is 30.2. The number of nitro benzene ring substituents is 1. The number of hydrogen-bond acceptors (Lipinski definition) is 12. The van der Waals surface area contributed by atoms with Gasteiger partial charge in [0.2, 0.25) is 5.91 Å². The Bertz CT molecular complexity index is 1470. The molecule has 282 valence electrons. The van der Waals surface area contributed by atoms with Gasteiger partial charge < -0.3 is 19.9 Å². The summed E-state index contributed by atoms with van der Waals surface area (Å²) in [7, 11) is 1.90. The monoisotopic (exact) mass is 733 g/mol. The van der Waals surface area contributed by atoms with Crippen molar-refractivity contribution in [2.24, 2.45) is 11.8 Å². The number of non-ortho nitro benzene ring substituents is 1. The molecule has 0 bridgehead atoms. The first-order valence-electron chi connectivity index (χ1n) is 17.4. The largest absolute Gasteiger partial charge is 0.476 e. The molecule has 15 nitrogen and oxygen atoms in total. The van der Waals surface area contributed by atoms with Gasteiger partial charge in [0.1, 0.15) is 11.0 Å². The van der Waals surface area contributed by atoms with Crippen molar-refractivity contribution in [2.75, 3.05) is 26.8 Å². The van der Waals surface area contributed by atoms with E-state index in [0.29, 0.717) is 19.3 Å². The van der Waals surface area contributed by atoms with Crippen molar-refractivity contribution in [3.63, 3.8) is 0 Å². The van der Waals surface area contributed by atoms with Crippen molar-refractivity contribution in [1.29, 1.82) is 0 Å². The summed E-state index contributed by atoms with van der Waals surface area (Å²) in [6.07, 6.45) is 2.67. The van der Waals surface area contributed by atoms with Crippen LogP contribution >= 0.6 is 11.3 Å².